The number of carbonyl (C=O) groups excluding carboxylic acids is 1. The molecule has 0 saturated heterocycles. The molecule has 3 rings (SSSR count). The molecule has 32 heavy (non-hydrogen) atoms. The predicted octanol–water partition coefficient (Wildman–Crippen LogP) is 5.04. The van der Waals surface area contributed by atoms with E-state index in [1.165, 1.54) is 24.3 Å². The van der Waals surface area contributed by atoms with Crippen LogP contribution in [-0.4, -0.2) is 34.0 Å². The van der Waals surface area contributed by atoms with E-state index in [0.717, 1.165) is 4.31 Å². The van der Waals surface area contributed by atoms with E-state index in [9.17, 15) is 13.2 Å². The SMILES string of the molecule is O=C(CN(c1cccc(Cl)c1Cl)S(=O)(=O)c1ccccc1)NCCOc1ccc(Cl)cc1. The second-order valence-electron chi connectivity index (χ2n) is 6.55. The number of carbonyl (C=O) groups is 1. The average Bonchev–Trinajstić information content (AvgIpc) is 2.79. The molecule has 0 aliphatic rings. The molecule has 0 aliphatic carbocycles. The van der Waals surface area contributed by atoms with E-state index in [-0.39, 0.29) is 33.8 Å². The molecule has 0 bridgehead atoms. The van der Waals surface area contributed by atoms with Crippen LogP contribution in [0.4, 0.5) is 5.69 Å². The molecule has 1 amide bonds. The summed E-state index contributed by atoms with van der Waals surface area (Å²) in [6.07, 6.45) is 0. The van der Waals surface area contributed by atoms with Gasteiger partial charge in [0.05, 0.1) is 27.2 Å². The molecule has 0 radical (unpaired) electrons. The number of anilines is 1. The molecular weight excluding hydrogens is 495 g/mol. The van der Waals surface area contributed by atoms with Gasteiger partial charge in [-0.2, -0.15) is 0 Å². The Bertz CT molecular complexity index is 1170. The van der Waals surface area contributed by atoms with E-state index in [1.807, 2.05) is 0 Å². The third-order valence-corrected chi connectivity index (χ3v) is 7.16. The summed E-state index contributed by atoms with van der Waals surface area (Å²) in [5.41, 5.74) is 0.107. The van der Waals surface area contributed by atoms with Gasteiger partial charge in [-0.25, -0.2) is 8.42 Å². The van der Waals surface area contributed by atoms with Crippen molar-refractivity contribution >= 4 is 56.4 Å². The van der Waals surface area contributed by atoms with Gasteiger partial charge in [0, 0.05) is 5.02 Å². The molecule has 0 aliphatic heterocycles. The van der Waals surface area contributed by atoms with Crippen molar-refractivity contribution in [1.82, 2.24) is 5.32 Å². The zero-order chi connectivity index (χ0) is 23.1. The topological polar surface area (TPSA) is 75.7 Å². The summed E-state index contributed by atoms with van der Waals surface area (Å²) in [6.45, 7) is -0.126. The Morgan fingerprint density at radius 3 is 2.28 bits per heavy atom. The molecule has 3 aromatic carbocycles. The molecular formula is C22H19Cl3N2O4S. The van der Waals surface area contributed by atoms with Crippen LogP contribution in [0.1, 0.15) is 0 Å². The quantitative estimate of drug-likeness (QED) is 0.407. The second-order valence-corrected chi connectivity index (χ2v) is 9.63. The van der Waals surface area contributed by atoms with Crippen LogP contribution in [0.25, 0.3) is 0 Å². The van der Waals surface area contributed by atoms with Crippen molar-refractivity contribution < 1.29 is 17.9 Å². The van der Waals surface area contributed by atoms with Crippen molar-refractivity contribution in [3.63, 3.8) is 0 Å². The molecule has 0 saturated carbocycles. The van der Waals surface area contributed by atoms with Crippen molar-refractivity contribution in [2.45, 2.75) is 4.90 Å². The number of nitrogens with zero attached hydrogens (tertiary/aromatic N) is 1. The molecule has 6 nitrogen and oxygen atoms in total. The van der Waals surface area contributed by atoms with Gasteiger partial charge in [0.15, 0.2) is 0 Å². The number of rotatable bonds is 9. The lowest BCUT2D eigenvalue weighted by molar-refractivity contribution is -0.119. The Balaban J connectivity index is 1.73. The molecule has 0 aromatic heterocycles. The zero-order valence-electron chi connectivity index (χ0n) is 16.7. The Hall–Kier alpha value is -2.45. The van der Waals surface area contributed by atoms with E-state index in [2.05, 4.69) is 5.32 Å². The largest absolute Gasteiger partial charge is 0.492 e. The molecule has 0 unspecified atom stereocenters. The van der Waals surface area contributed by atoms with Crippen molar-refractivity contribution in [3.8, 4) is 5.75 Å². The van der Waals surface area contributed by atoms with Crippen LogP contribution in [-0.2, 0) is 14.8 Å². The molecule has 0 atom stereocenters. The van der Waals surface area contributed by atoms with Crippen LogP contribution in [0.2, 0.25) is 15.1 Å². The minimum atomic E-state index is -4.08. The molecule has 0 heterocycles. The number of sulfonamides is 1. The summed E-state index contributed by atoms with van der Waals surface area (Å²) < 4.78 is 33.0. The summed E-state index contributed by atoms with van der Waals surface area (Å²) in [4.78, 5) is 12.6. The van der Waals surface area contributed by atoms with Crippen molar-refractivity contribution in [3.05, 3.63) is 87.9 Å². The van der Waals surface area contributed by atoms with Crippen LogP contribution in [0.3, 0.4) is 0 Å². The molecule has 0 spiro atoms. The molecule has 3 aromatic rings. The number of nitrogens with one attached hydrogen (secondary N) is 1. The number of ether oxygens (including phenoxy) is 1. The number of hydrogen-bond acceptors (Lipinski definition) is 4. The van der Waals surface area contributed by atoms with Gasteiger partial charge in [-0.05, 0) is 48.5 Å². The minimum Gasteiger partial charge on any atom is -0.492 e. The number of benzene rings is 3. The summed E-state index contributed by atoms with van der Waals surface area (Å²) in [6, 6.07) is 19.2. The normalized spacial score (nSPS) is 11.1. The third kappa shape index (κ3) is 6.07. The van der Waals surface area contributed by atoms with Crippen LogP contribution < -0.4 is 14.4 Å². The lowest BCUT2D eigenvalue weighted by atomic mass is 10.3. The Morgan fingerprint density at radius 2 is 1.59 bits per heavy atom. The summed E-state index contributed by atoms with van der Waals surface area (Å²) in [5.74, 6) is 0.0721. The maximum absolute atomic E-state index is 13.3. The van der Waals surface area contributed by atoms with Crippen LogP contribution in [0.5, 0.6) is 5.75 Å². The van der Waals surface area contributed by atoms with E-state index in [0.29, 0.717) is 10.8 Å². The van der Waals surface area contributed by atoms with Gasteiger partial charge in [-0.3, -0.25) is 9.10 Å². The van der Waals surface area contributed by atoms with E-state index in [4.69, 9.17) is 39.5 Å². The van der Waals surface area contributed by atoms with Gasteiger partial charge >= 0.3 is 0 Å². The molecule has 0 fully saturated rings. The van der Waals surface area contributed by atoms with E-state index < -0.39 is 22.5 Å². The highest BCUT2D eigenvalue weighted by molar-refractivity contribution is 7.92. The Labute approximate surface area is 201 Å². The number of halogens is 3. The highest BCUT2D eigenvalue weighted by atomic mass is 35.5. The van der Waals surface area contributed by atoms with Gasteiger partial charge in [0.25, 0.3) is 10.0 Å². The summed E-state index contributed by atoms with van der Waals surface area (Å²) in [7, 11) is -4.08. The van der Waals surface area contributed by atoms with Crippen molar-refractivity contribution in [2.75, 3.05) is 24.0 Å². The number of hydrogen-bond donors (Lipinski definition) is 1. The summed E-state index contributed by atoms with van der Waals surface area (Å²) >= 11 is 18.2. The lowest BCUT2D eigenvalue weighted by Crippen LogP contribution is -2.42. The summed E-state index contributed by atoms with van der Waals surface area (Å²) in [5, 5.41) is 3.45. The second kappa shape index (κ2) is 10.9. The first-order valence-corrected chi connectivity index (χ1v) is 12.0. The molecule has 168 valence electrons. The van der Waals surface area contributed by atoms with E-state index >= 15 is 0 Å². The van der Waals surface area contributed by atoms with Crippen LogP contribution >= 0.6 is 34.8 Å². The highest BCUT2D eigenvalue weighted by Crippen LogP contribution is 2.35. The highest BCUT2D eigenvalue weighted by Gasteiger charge is 2.29. The maximum atomic E-state index is 13.3. The molecule has 10 heteroatoms. The van der Waals surface area contributed by atoms with Crippen molar-refractivity contribution in [2.24, 2.45) is 0 Å². The minimum absolute atomic E-state index is 0.0231. The fourth-order valence-corrected chi connectivity index (χ4v) is 4.81. The fourth-order valence-electron chi connectivity index (χ4n) is 2.78. The Morgan fingerprint density at radius 1 is 0.906 bits per heavy atom. The van der Waals surface area contributed by atoms with Gasteiger partial charge in [-0.15, -0.1) is 0 Å². The molecule has 1 N–H and O–H groups in total. The maximum Gasteiger partial charge on any atom is 0.264 e. The third-order valence-electron chi connectivity index (χ3n) is 4.32. The van der Waals surface area contributed by atoms with Gasteiger partial charge in [0.1, 0.15) is 18.9 Å². The fraction of sp³-hybridized carbons (Fsp3) is 0.136. The smallest absolute Gasteiger partial charge is 0.264 e. The van der Waals surface area contributed by atoms with Crippen LogP contribution in [0, 0.1) is 0 Å². The van der Waals surface area contributed by atoms with Gasteiger partial charge in [-0.1, -0.05) is 59.1 Å². The van der Waals surface area contributed by atoms with Gasteiger partial charge < -0.3 is 10.1 Å². The van der Waals surface area contributed by atoms with Gasteiger partial charge in [0.2, 0.25) is 5.91 Å². The van der Waals surface area contributed by atoms with Crippen molar-refractivity contribution in [1.29, 1.82) is 0 Å². The van der Waals surface area contributed by atoms with Crippen LogP contribution in [0.15, 0.2) is 77.7 Å². The predicted molar refractivity (Wildman–Crippen MR) is 127 cm³/mol. The number of amides is 1. The monoisotopic (exact) mass is 512 g/mol. The lowest BCUT2D eigenvalue weighted by Gasteiger charge is -2.25. The van der Waals surface area contributed by atoms with E-state index in [1.54, 1.807) is 48.5 Å². The first-order valence-electron chi connectivity index (χ1n) is 9.46. The first kappa shape index (κ1) is 24.2. The first-order chi connectivity index (χ1) is 15.3. The zero-order valence-corrected chi connectivity index (χ0v) is 19.8. The average molecular weight is 514 g/mol. The Kier molecular flexibility index (Phi) is 8.26. The standard InChI is InChI=1S/C22H19Cl3N2O4S/c23-16-9-11-17(12-10-16)31-14-13-26-21(28)15-27(20-8-4-7-19(24)22(20)25)32(29,30)18-5-2-1-3-6-18/h1-12H,13-15H2,(H,26,28).